The van der Waals surface area contributed by atoms with Gasteiger partial charge in [0.25, 0.3) is 0 Å². The van der Waals surface area contributed by atoms with Crippen molar-refractivity contribution < 1.29 is 14.7 Å². The summed E-state index contributed by atoms with van der Waals surface area (Å²) in [6, 6.07) is 5.34. The molecule has 1 unspecified atom stereocenters. The van der Waals surface area contributed by atoms with Crippen molar-refractivity contribution in [1.29, 1.82) is 0 Å². The molecule has 0 aliphatic carbocycles. The van der Waals surface area contributed by atoms with Crippen molar-refractivity contribution in [2.75, 3.05) is 0 Å². The summed E-state index contributed by atoms with van der Waals surface area (Å²) < 4.78 is 0. The number of benzene rings is 1. The Morgan fingerprint density at radius 3 is 2.24 bits per heavy atom. The van der Waals surface area contributed by atoms with Crippen LogP contribution in [0.25, 0.3) is 0 Å². The van der Waals surface area contributed by atoms with Crippen molar-refractivity contribution in [3.05, 3.63) is 34.9 Å². The lowest BCUT2D eigenvalue weighted by molar-refractivity contribution is -0.141. The lowest BCUT2D eigenvalue weighted by Crippen LogP contribution is -2.52. The molecule has 116 valence electrons. The highest BCUT2D eigenvalue weighted by molar-refractivity contribution is 6.31. The zero-order chi connectivity index (χ0) is 16.2. The summed E-state index contributed by atoms with van der Waals surface area (Å²) in [5.74, 6) is -1.07. The van der Waals surface area contributed by atoms with E-state index in [-0.39, 0.29) is 6.04 Å². The highest BCUT2D eigenvalue weighted by Gasteiger charge is 2.32. The molecule has 1 rings (SSSR count). The lowest BCUT2D eigenvalue weighted by atomic mass is 9.87. The molecule has 0 aliphatic rings. The smallest absolute Gasteiger partial charge is 0.326 e. The molecule has 0 bridgehead atoms. The van der Waals surface area contributed by atoms with E-state index >= 15 is 0 Å². The predicted molar refractivity (Wildman–Crippen MR) is 82.4 cm³/mol. The number of carbonyl (C=O) groups is 2. The number of carboxylic acids is 1. The third-order valence-corrected chi connectivity index (χ3v) is 3.45. The number of urea groups is 1. The molecular weight excluding hydrogens is 292 g/mol. The van der Waals surface area contributed by atoms with Gasteiger partial charge in [0.2, 0.25) is 0 Å². The van der Waals surface area contributed by atoms with Crippen LogP contribution in [0.4, 0.5) is 4.79 Å². The molecule has 21 heavy (non-hydrogen) atoms. The fourth-order valence-electron chi connectivity index (χ4n) is 1.92. The van der Waals surface area contributed by atoms with E-state index in [0.717, 1.165) is 5.56 Å². The summed E-state index contributed by atoms with van der Waals surface area (Å²) in [7, 11) is 0. The summed E-state index contributed by atoms with van der Waals surface area (Å²) in [6.07, 6.45) is 0. The molecule has 6 heteroatoms. The highest BCUT2D eigenvalue weighted by Crippen LogP contribution is 2.22. The van der Waals surface area contributed by atoms with Crippen LogP contribution in [-0.2, 0) is 4.79 Å². The zero-order valence-electron chi connectivity index (χ0n) is 12.6. The number of aliphatic carboxylic acids is 1. The highest BCUT2D eigenvalue weighted by atomic mass is 35.5. The minimum atomic E-state index is -1.07. The molecule has 0 saturated heterocycles. The van der Waals surface area contributed by atoms with Crippen LogP contribution in [0.5, 0.6) is 0 Å². The van der Waals surface area contributed by atoms with Crippen LogP contribution in [0.2, 0.25) is 5.02 Å². The second-order valence-corrected chi connectivity index (χ2v) is 6.41. The van der Waals surface area contributed by atoms with Gasteiger partial charge in [-0.05, 0) is 24.0 Å². The molecule has 2 amide bonds. The largest absolute Gasteiger partial charge is 0.480 e. The minimum Gasteiger partial charge on any atom is -0.480 e. The van der Waals surface area contributed by atoms with E-state index in [1.807, 2.05) is 12.1 Å². The summed E-state index contributed by atoms with van der Waals surface area (Å²) >= 11 is 6.07. The molecule has 0 saturated carbocycles. The van der Waals surface area contributed by atoms with Crippen LogP contribution in [0.3, 0.4) is 0 Å². The van der Waals surface area contributed by atoms with E-state index < -0.39 is 23.5 Å². The Bertz CT molecular complexity index is 526. The summed E-state index contributed by atoms with van der Waals surface area (Å²) in [6.45, 7) is 7.05. The van der Waals surface area contributed by atoms with E-state index in [2.05, 4.69) is 10.6 Å². The molecular formula is C15H21ClN2O3. The number of carbonyl (C=O) groups excluding carboxylic acids is 1. The number of carboxylic acid groups (broad SMARTS) is 1. The van der Waals surface area contributed by atoms with Gasteiger partial charge in [-0.3, -0.25) is 0 Å². The first-order valence-electron chi connectivity index (χ1n) is 6.67. The van der Waals surface area contributed by atoms with Crippen molar-refractivity contribution in [2.24, 2.45) is 5.41 Å². The van der Waals surface area contributed by atoms with Gasteiger partial charge in [-0.2, -0.15) is 0 Å². The molecule has 5 nitrogen and oxygen atoms in total. The molecule has 0 radical (unpaired) electrons. The molecule has 1 aromatic rings. The molecule has 2 atom stereocenters. The maximum atomic E-state index is 12.0. The van der Waals surface area contributed by atoms with Gasteiger partial charge in [0.05, 0.1) is 6.04 Å². The zero-order valence-corrected chi connectivity index (χ0v) is 13.4. The number of hydrogen-bond acceptors (Lipinski definition) is 2. The van der Waals surface area contributed by atoms with Crippen molar-refractivity contribution in [3.63, 3.8) is 0 Å². The van der Waals surface area contributed by atoms with E-state index in [0.29, 0.717) is 5.02 Å². The number of rotatable bonds is 4. The predicted octanol–water partition coefficient (Wildman–Crippen LogP) is 3.20. The van der Waals surface area contributed by atoms with Gasteiger partial charge < -0.3 is 15.7 Å². The van der Waals surface area contributed by atoms with Gasteiger partial charge in [-0.15, -0.1) is 0 Å². The number of hydrogen-bond donors (Lipinski definition) is 3. The molecule has 0 fully saturated rings. The Kier molecular flexibility index (Phi) is 5.61. The Labute approximate surface area is 129 Å². The molecule has 0 aliphatic heterocycles. The standard InChI is InChI=1S/C15H21ClN2O3/c1-9(10-7-5-6-8-11(10)16)17-14(21)18-12(13(19)20)15(2,3)4/h5-9,12H,1-4H3,(H,19,20)(H2,17,18,21)/t9?,12-/m1/s1. The van der Waals surface area contributed by atoms with Gasteiger partial charge >= 0.3 is 12.0 Å². The second kappa shape index (κ2) is 6.80. The first-order chi connectivity index (χ1) is 9.62. The fourth-order valence-corrected chi connectivity index (χ4v) is 2.22. The van der Waals surface area contributed by atoms with Gasteiger partial charge in [0.1, 0.15) is 6.04 Å². The summed E-state index contributed by atoms with van der Waals surface area (Å²) in [5.41, 5.74) is 0.188. The van der Waals surface area contributed by atoms with Crippen LogP contribution in [0, 0.1) is 5.41 Å². The SMILES string of the molecule is CC(NC(=O)N[C@H](C(=O)O)C(C)(C)C)c1ccccc1Cl. The van der Waals surface area contributed by atoms with E-state index in [1.165, 1.54) is 0 Å². The van der Waals surface area contributed by atoms with E-state index in [4.69, 9.17) is 11.6 Å². The quantitative estimate of drug-likeness (QED) is 0.799. The maximum Gasteiger partial charge on any atom is 0.326 e. The first-order valence-corrected chi connectivity index (χ1v) is 7.05. The van der Waals surface area contributed by atoms with Gasteiger partial charge in [-0.1, -0.05) is 50.6 Å². The van der Waals surface area contributed by atoms with Crippen LogP contribution >= 0.6 is 11.6 Å². The van der Waals surface area contributed by atoms with Gasteiger partial charge in [-0.25, -0.2) is 9.59 Å². The van der Waals surface area contributed by atoms with Crippen molar-refractivity contribution >= 4 is 23.6 Å². The maximum absolute atomic E-state index is 12.0. The Hall–Kier alpha value is -1.75. The van der Waals surface area contributed by atoms with Crippen molar-refractivity contribution in [2.45, 2.75) is 39.8 Å². The third-order valence-electron chi connectivity index (χ3n) is 3.11. The number of halogens is 1. The average Bonchev–Trinajstić information content (AvgIpc) is 2.34. The molecule has 0 spiro atoms. The fraction of sp³-hybridized carbons (Fsp3) is 0.467. The molecule has 3 N–H and O–H groups in total. The molecule has 0 aromatic heterocycles. The van der Waals surface area contributed by atoms with Gasteiger partial charge in [0, 0.05) is 5.02 Å². The monoisotopic (exact) mass is 312 g/mol. The second-order valence-electron chi connectivity index (χ2n) is 6.00. The molecule has 0 heterocycles. The topological polar surface area (TPSA) is 78.4 Å². The third kappa shape index (κ3) is 4.93. The number of amides is 2. The van der Waals surface area contributed by atoms with Crippen LogP contribution < -0.4 is 10.6 Å². The van der Waals surface area contributed by atoms with Crippen molar-refractivity contribution in [1.82, 2.24) is 10.6 Å². The van der Waals surface area contributed by atoms with Crippen LogP contribution in [-0.4, -0.2) is 23.1 Å². The van der Waals surface area contributed by atoms with Crippen LogP contribution in [0.15, 0.2) is 24.3 Å². The molecule has 1 aromatic carbocycles. The van der Waals surface area contributed by atoms with Crippen LogP contribution in [0.1, 0.15) is 39.3 Å². The Morgan fingerprint density at radius 1 is 1.19 bits per heavy atom. The summed E-state index contributed by atoms with van der Waals surface area (Å²) in [4.78, 5) is 23.2. The first kappa shape index (κ1) is 17.3. The van der Waals surface area contributed by atoms with Gasteiger partial charge in [0.15, 0.2) is 0 Å². The lowest BCUT2D eigenvalue weighted by Gasteiger charge is -2.28. The van der Waals surface area contributed by atoms with E-state index in [9.17, 15) is 14.7 Å². The average molecular weight is 313 g/mol. The van der Waals surface area contributed by atoms with E-state index in [1.54, 1.807) is 39.8 Å². The summed E-state index contributed by atoms with van der Waals surface area (Å²) in [5, 5.41) is 14.9. The normalized spacial score (nSPS) is 14.1. The Morgan fingerprint density at radius 2 is 1.76 bits per heavy atom. The minimum absolute atomic E-state index is 0.326. The number of nitrogens with one attached hydrogen (secondary N) is 2. The Balaban J connectivity index is 2.73. The van der Waals surface area contributed by atoms with Crippen molar-refractivity contribution in [3.8, 4) is 0 Å².